The number of halogens is 3. The zero-order valence-electron chi connectivity index (χ0n) is 15.7. The van der Waals surface area contributed by atoms with E-state index in [1.165, 1.54) is 23.5 Å². The van der Waals surface area contributed by atoms with E-state index in [4.69, 9.17) is 16.3 Å². The van der Waals surface area contributed by atoms with Crippen molar-refractivity contribution in [3.05, 3.63) is 53.1 Å². The Balaban J connectivity index is 1.64. The van der Waals surface area contributed by atoms with Gasteiger partial charge in [0.25, 0.3) is 0 Å². The van der Waals surface area contributed by atoms with Crippen molar-refractivity contribution in [1.82, 2.24) is 9.21 Å². The lowest BCUT2D eigenvalue weighted by atomic mass is 10.1. The Bertz CT molecular complexity index is 951. The van der Waals surface area contributed by atoms with Crippen LogP contribution in [0.3, 0.4) is 0 Å². The van der Waals surface area contributed by atoms with Crippen LogP contribution in [0, 0.1) is 0 Å². The van der Waals surface area contributed by atoms with E-state index in [9.17, 15) is 17.2 Å². The van der Waals surface area contributed by atoms with Crippen molar-refractivity contribution < 1.29 is 26.7 Å². The highest BCUT2D eigenvalue weighted by Crippen LogP contribution is 2.30. The van der Waals surface area contributed by atoms with Crippen molar-refractivity contribution in [3.8, 4) is 11.5 Å². The maximum absolute atomic E-state index is 12.8. The van der Waals surface area contributed by atoms with Gasteiger partial charge in [-0.05, 0) is 29.8 Å². The van der Waals surface area contributed by atoms with Crippen molar-refractivity contribution >= 4 is 21.6 Å². The molecule has 1 aliphatic heterocycles. The minimum Gasteiger partial charge on any atom is -0.493 e. The number of alkyl halides is 2. The first-order valence-electron chi connectivity index (χ1n) is 8.90. The lowest BCUT2D eigenvalue weighted by Crippen LogP contribution is -2.48. The van der Waals surface area contributed by atoms with Crippen molar-refractivity contribution in [2.75, 3.05) is 33.3 Å². The summed E-state index contributed by atoms with van der Waals surface area (Å²) in [7, 11) is -2.26. The van der Waals surface area contributed by atoms with Gasteiger partial charge in [-0.2, -0.15) is 13.1 Å². The molecule has 0 saturated carbocycles. The third-order valence-electron chi connectivity index (χ3n) is 4.64. The van der Waals surface area contributed by atoms with Crippen LogP contribution in [0.4, 0.5) is 8.78 Å². The maximum Gasteiger partial charge on any atom is 0.387 e. The number of piperazine rings is 1. The first-order chi connectivity index (χ1) is 13.8. The Morgan fingerprint density at radius 3 is 2.38 bits per heavy atom. The van der Waals surface area contributed by atoms with Crippen LogP contribution in [0.1, 0.15) is 5.56 Å². The summed E-state index contributed by atoms with van der Waals surface area (Å²) in [6, 6.07) is 11.2. The maximum atomic E-state index is 12.8. The second-order valence-electron chi connectivity index (χ2n) is 6.47. The second kappa shape index (κ2) is 9.25. The van der Waals surface area contributed by atoms with Gasteiger partial charge in [-0.25, -0.2) is 8.42 Å². The van der Waals surface area contributed by atoms with Crippen LogP contribution >= 0.6 is 11.6 Å². The van der Waals surface area contributed by atoms with Crippen molar-refractivity contribution in [1.29, 1.82) is 0 Å². The molecule has 0 bridgehead atoms. The number of nitrogens with zero attached hydrogens (tertiary/aromatic N) is 2. The molecule has 6 nitrogen and oxygen atoms in total. The van der Waals surface area contributed by atoms with Crippen LogP contribution < -0.4 is 9.47 Å². The van der Waals surface area contributed by atoms with E-state index in [1.54, 1.807) is 30.3 Å². The molecule has 10 heteroatoms. The molecule has 0 radical (unpaired) electrons. The highest BCUT2D eigenvalue weighted by molar-refractivity contribution is 7.89. The van der Waals surface area contributed by atoms with Gasteiger partial charge in [-0.1, -0.05) is 29.8 Å². The number of benzene rings is 2. The molecule has 29 heavy (non-hydrogen) atoms. The third-order valence-corrected chi connectivity index (χ3v) is 7.03. The predicted molar refractivity (Wildman–Crippen MR) is 105 cm³/mol. The molecule has 0 aromatic heterocycles. The van der Waals surface area contributed by atoms with Crippen LogP contribution in [-0.2, 0) is 16.6 Å². The van der Waals surface area contributed by atoms with Crippen molar-refractivity contribution in [3.63, 3.8) is 0 Å². The SMILES string of the molecule is COc1cc(CN2CCN(S(=O)(=O)c3ccccc3Cl)CC2)ccc1OC(F)F. The highest BCUT2D eigenvalue weighted by atomic mass is 35.5. The van der Waals surface area contributed by atoms with E-state index in [0.717, 1.165) is 5.56 Å². The molecule has 0 unspecified atom stereocenters. The fraction of sp³-hybridized carbons (Fsp3) is 0.368. The average Bonchev–Trinajstić information content (AvgIpc) is 2.69. The molecular formula is C19H21ClF2N2O4S. The Labute approximate surface area is 173 Å². The van der Waals surface area contributed by atoms with E-state index < -0.39 is 16.6 Å². The standard InChI is InChI=1S/C19H21ClF2N2O4S/c1-27-17-12-14(6-7-16(17)28-19(21)22)13-23-8-10-24(11-9-23)29(25,26)18-5-3-2-4-15(18)20/h2-7,12,19H,8-11,13H2,1H3. The summed E-state index contributed by atoms with van der Waals surface area (Å²) in [4.78, 5) is 2.19. The molecule has 1 heterocycles. The first kappa shape index (κ1) is 21.8. The minimum atomic E-state index is -3.65. The summed E-state index contributed by atoms with van der Waals surface area (Å²) in [6.07, 6.45) is 0. The van der Waals surface area contributed by atoms with Gasteiger partial charge in [0.1, 0.15) is 4.90 Å². The van der Waals surface area contributed by atoms with Crippen molar-refractivity contribution in [2.24, 2.45) is 0 Å². The summed E-state index contributed by atoms with van der Waals surface area (Å²) in [5, 5.41) is 0.202. The normalized spacial score (nSPS) is 16.2. The van der Waals surface area contributed by atoms with Crippen LogP contribution in [-0.4, -0.2) is 57.5 Å². The number of sulfonamides is 1. The molecule has 2 aromatic rings. The van der Waals surface area contributed by atoms with Crippen LogP contribution in [0.25, 0.3) is 0 Å². The van der Waals surface area contributed by atoms with Gasteiger partial charge in [0.2, 0.25) is 10.0 Å². The Morgan fingerprint density at radius 1 is 1.07 bits per heavy atom. The molecule has 0 N–H and O–H groups in total. The number of rotatable bonds is 7. The van der Waals surface area contributed by atoms with Gasteiger partial charge >= 0.3 is 6.61 Å². The number of methoxy groups -OCH3 is 1. The zero-order valence-corrected chi connectivity index (χ0v) is 17.3. The average molecular weight is 447 g/mol. The fourth-order valence-electron chi connectivity index (χ4n) is 3.18. The van der Waals surface area contributed by atoms with E-state index in [1.807, 2.05) is 0 Å². The Morgan fingerprint density at radius 2 is 1.76 bits per heavy atom. The lowest BCUT2D eigenvalue weighted by Gasteiger charge is -2.34. The van der Waals surface area contributed by atoms with E-state index >= 15 is 0 Å². The second-order valence-corrected chi connectivity index (χ2v) is 8.79. The highest BCUT2D eigenvalue weighted by Gasteiger charge is 2.30. The fourth-order valence-corrected chi connectivity index (χ4v) is 5.10. The molecular weight excluding hydrogens is 426 g/mol. The van der Waals surface area contributed by atoms with Crippen LogP contribution in [0.15, 0.2) is 47.4 Å². The summed E-state index contributed by atoms with van der Waals surface area (Å²) in [6.45, 7) is -0.675. The summed E-state index contributed by atoms with van der Waals surface area (Å²) < 4.78 is 61.5. The molecule has 158 valence electrons. The topological polar surface area (TPSA) is 59.1 Å². The summed E-state index contributed by atoms with van der Waals surface area (Å²) >= 11 is 6.05. The smallest absolute Gasteiger partial charge is 0.387 e. The molecule has 1 saturated heterocycles. The minimum absolute atomic E-state index is 0.0260. The first-order valence-corrected chi connectivity index (χ1v) is 10.7. The van der Waals surface area contributed by atoms with Crippen molar-refractivity contribution in [2.45, 2.75) is 18.1 Å². The van der Waals surface area contributed by atoms with Gasteiger partial charge in [-0.15, -0.1) is 0 Å². The van der Waals surface area contributed by atoms with Gasteiger partial charge in [0, 0.05) is 32.7 Å². The largest absolute Gasteiger partial charge is 0.493 e. The zero-order chi connectivity index (χ0) is 21.0. The quantitative estimate of drug-likeness (QED) is 0.652. The number of ether oxygens (including phenoxy) is 2. The molecule has 2 aromatic carbocycles. The predicted octanol–water partition coefficient (Wildman–Crippen LogP) is 3.46. The molecule has 0 atom stereocenters. The summed E-state index contributed by atoms with van der Waals surface area (Å²) in [5.74, 6) is 0.199. The molecule has 0 aliphatic carbocycles. The Hall–Kier alpha value is -1.94. The molecule has 0 amide bonds. The third kappa shape index (κ3) is 5.16. The van der Waals surface area contributed by atoms with E-state index in [-0.39, 0.29) is 21.4 Å². The van der Waals surface area contributed by atoms with Gasteiger partial charge < -0.3 is 9.47 Å². The molecule has 1 fully saturated rings. The van der Waals surface area contributed by atoms with Gasteiger partial charge in [-0.3, -0.25) is 4.90 Å². The molecule has 3 rings (SSSR count). The molecule has 0 spiro atoms. The van der Waals surface area contributed by atoms with Gasteiger partial charge in [0.15, 0.2) is 11.5 Å². The summed E-state index contributed by atoms with van der Waals surface area (Å²) in [5.41, 5.74) is 0.853. The number of hydrogen-bond donors (Lipinski definition) is 0. The van der Waals surface area contributed by atoms with E-state index in [0.29, 0.717) is 32.7 Å². The van der Waals surface area contributed by atoms with Crippen LogP contribution in [0.2, 0.25) is 5.02 Å². The Kier molecular flexibility index (Phi) is 6.94. The monoisotopic (exact) mass is 446 g/mol. The van der Waals surface area contributed by atoms with E-state index in [2.05, 4.69) is 9.64 Å². The lowest BCUT2D eigenvalue weighted by molar-refractivity contribution is -0.0512. The van der Waals surface area contributed by atoms with Crippen LogP contribution in [0.5, 0.6) is 11.5 Å². The van der Waals surface area contributed by atoms with Gasteiger partial charge in [0.05, 0.1) is 12.1 Å². The number of hydrogen-bond acceptors (Lipinski definition) is 5. The molecule has 1 aliphatic rings.